The van der Waals surface area contributed by atoms with E-state index in [4.69, 9.17) is 19.0 Å². The molecule has 4 heterocycles. The van der Waals surface area contributed by atoms with Crippen molar-refractivity contribution in [1.29, 1.82) is 0 Å². The molecule has 262 valence electrons. The average Bonchev–Trinajstić information content (AvgIpc) is 3.51. The predicted molar refractivity (Wildman–Crippen MR) is 177 cm³/mol. The van der Waals surface area contributed by atoms with E-state index in [0.717, 1.165) is 70.3 Å². The third-order valence-electron chi connectivity index (χ3n) is 9.50. The van der Waals surface area contributed by atoms with Gasteiger partial charge in [-0.15, -0.1) is 0 Å². The molecular weight excluding hydrogens is 600 g/mol. The Labute approximate surface area is 280 Å². The van der Waals surface area contributed by atoms with E-state index in [1.54, 1.807) is 4.90 Å². The van der Waals surface area contributed by atoms with Gasteiger partial charge in [0.25, 0.3) is 5.91 Å². The monoisotopic (exact) mass is 656 g/mol. The van der Waals surface area contributed by atoms with Crippen molar-refractivity contribution in [3.63, 3.8) is 0 Å². The zero-order valence-electron chi connectivity index (χ0n) is 29.1. The Balaban J connectivity index is 1.28. The van der Waals surface area contributed by atoms with E-state index >= 15 is 0 Å². The van der Waals surface area contributed by atoms with Crippen LogP contribution < -0.4 is 0 Å². The van der Waals surface area contributed by atoms with Gasteiger partial charge < -0.3 is 28.9 Å². The molecule has 0 saturated carbocycles. The van der Waals surface area contributed by atoms with Crippen molar-refractivity contribution in [2.45, 2.75) is 123 Å². The van der Waals surface area contributed by atoms with Crippen LogP contribution in [0.4, 0.5) is 4.79 Å². The number of hydrogen-bond acceptors (Lipinski definition) is 8. The molecule has 5 atom stereocenters. The first kappa shape index (κ1) is 35.6. The van der Waals surface area contributed by atoms with Gasteiger partial charge >= 0.3 is 6.09 Å². The molecule has 4 saturated heterocycles. The second kappa shape index (κ2) is 16.1. The minimum Gasteiger partial charge on any atom is -0.443 e. The predicted octanol–water partition coefficient (Wildman–Crippen LogP) is 5.18. The summed E-state index contributed by atoms with van der Waals surface area (Å²) in [6.07, 6.45) is 4.63. The lowest BCUT2D eigenvalue weighted by atomic mass is 9.85. The Morgan fingerprint density at radius 2 is 1.81 bits per heavy atom. The Hall–Kier alpha value is -2.73. The molecule has 4 aliphatic heterocycles. The van der Waals surface area contributed by atoms with Gasteiger partial charge in [0.2, 0.25) is 5.91 Å². The molecule has 3 amide bonds. The Bertz CT molecular complexity index is 1190. The molecule has 0 spiro atoms. The van der Waals surface area contributed by atoms with Crippen molar-refractivity contribution in [2.75, 3.05) is 39.4 Å². The SMILES string of the molecule is CC(C)C[C@H]1ON(C(=O)OCc2ccccc2)[C@H]2CN([C@@H]3CCN(CCCCOC4CCCCO4)C3)C(=O)[C@H](CC(C)(C)C)N2C1=O. The molecule has 0 aliphatic carbocycles. The van der Waals surface area contributed by atoms with E-state index in [1.807, 2.05) is 49.1 Å². The second-order valence-electron chi connectivity index (χ2n) is 15.2. The van der Waals surface area contributed by atoms with Gasteiger partial charge in [-0.1, -0.05) is 65.0 Å². The van der Waals surface area contributed by atoms with Gasteiger partial charge in [0.15, 0.2) is 18.6 Å². The van der Waals surface area contributed by atoms with E-state index in [0.29, 0.717) is 19.4 Å². The van der Waals surface area contributed by atoms with Gasteiger partial charge in [-0.3, -0.25) is 14.4 Å². The van der Waals surface area contributed by atoms with Crippen LogP contribution >= 0.6 is 0 Å². The number of nitrogens with zero attached hydrogens (tertiary/aromatic N) is 4. The Morgan fingerprint density at radius 1 is 1.02 bits per heavy atom. The summed E-state index contributed by atoms with van der Waals surface area (Å²) in [7, 11) is 0. The first-order valence-electron chi connectivity index (χ1n) is 17.7. The minimum absolute atomic E-state index is 0.00955. The number of carbonyl (C=O) groups is 3. The highest BCUT2D eigenvalue weighted by Crippen LogP contribution is 2.36. The molecule has 47 heavy (non-hydrogen) atoms. The molecule has 5 rings (SSSR count). The zero-order chi connectivity index (χ0) is 33.6. The maximum atomic E-state index is 14.4. The Kier molecular flexibility index (Phi) is 12.2. The number of amides is 3. The van der Waals surface area contributed by atoms with Crippen molar-refractivity contribution >= 4 is 17.9 Å². The van der Waals surface area contributed by atoms with E-state index in [2.05, 4.69) is 25.7 Å². The summed E-state index contributed by atoms with van der Waals surface area (Å²) in [4.78, 5) is 54.3. The molecule has 1 aromatic carbocycles. The molecule has 4 aliphatic rings. The highest BCUT2D eigenvalue weighted by atomic mass is 16.7. The maximum absolute atomic E-state index is 14.4. The number of rotatable bonds is 12. The molecule has 0 radical (unpaired) electrons. The number of fused-ring (bicyclic) bond motifs is 1. The lowest BCUT2D eigenvalue weighted by molar-refractivity contribution is -0.270. The number of hydroxylamine groups is 2. The van der Waals surface area contributed by atoms with Crippen LogP contribution in [0.15, 0.2) is 30.3 Å². The van der Waals surface area contributed by atoms with Crippen LogP contribution in [-0.4, -0.2) is 108 Å². The van der Waals surface area contributed by atoms with Crippen molar-refractivity contribution in [1.82, 2.24) is 19.8 Å². The molecule has 0 bridgehead atoms. The summed E-state index contributed by atoms with van der Waals surface area (Å²) < 4.78 is 17.3. The number of hydrogen-bond donors (Lipinski definition) is 0. The second-order valence-corrected chi connectivity index (χ2v) is 15.2. The largest absolute Gasteiger partial charge is 0.443 e. The third kappa shape index (κ3) is 9.46. The van der Waals surface area contributed by atoms with Crippen LogP contribution in [0.2, 0.25) is 0 Å². The van der Waals surface area contributed by atoms with Gasteiger partial charge in [0.05, 0.1) is 6.54 Å². The summed E-state index contributed by atoms with van der Waals surface area (Å²) in [6, 6.07) is 8.79. The lowest BCUT2D eigenvalue weighted by Crippen LogP contribution is -2.74. The molecular formula is C36H56N4O7. The normalized spacial score (nSPS) is 27.4. The summed E-state index contributed by atoms with van der Waals surface area (Å²) in [5.41, 5.74) is 0.626. The standard InChI is InChI=1S/C36H56N4O7/c1-26(2)21-30-34(42)39-29(22-36(3,4)5)33(41)38(24-31(39)40(47-30)35(43)46-25-27-13-7-6-8-14-27)28-16-18-37(23-28)17-10-12-20-45-32-15-9-11-19-44-32/h6-8,13-14,26,28-32H,9-12,15-25H2,1-5H3/t28-,29+,30-,31+,32?/m1/s1. The van der Waals surface area contributed by atoms with Gasteiger partial charge in [0, 0.05) is 32.3 Å². The first-order valence-corrected chi connectivity index (χ1v) is 17.7. The van der Waals surface area contributed by atoms with Crippen LogP contribution in [0.5, 0.6) is 0 Å². The van der Waals surface area contributed by atoms with Gasteiger partial charge in [-0.05, 0) is 74.8 Å². The van der Waals surface area contributed by atoms with Gasteiger partial charge in [-0.2, -0.15) is 5.06 Å². The molecule has 11 nitrogen and oxygen atoms in total. The smallest absolute Gasteiger partial charge is 0.436 e. The van der Waals surface area contributed by atoms with Gasteiger partial charge in [0.1, 0.15) is 12.6 Å². The highest BCUT2D eigenvalue weighted by molar-refractivity contribution is 5.92. The average molecular weight is 657 g/mol. The summed E-state index contributed by atoms with van der Waals surface area (Å²) in [5.74, 6) is -0.121. The summed E-state index contributed by atoms with van der Waals surface area (Å²) in [6.45, 7) is 14.6. The molecule has 0 aromatic heterocycles. The van der Waals surface area contributed by atoms with Crippen molar-refractivity contribution in [2.24, 2.45) is 11.3 Å². The fourth-order valence-electron chi connectivity index (χ4n) is 7.16. The number of unbranched alkanes of at least 4 members (excludes halogenated alkanes) is 1. The molecule has 11 heteroatoms. The zero-order valence-corrected chi connectivity index (χ0v) is 29.1. The highest BCUT2D eigenvalue weighted by Gasteiger charge is 2.55. The van der Waals surface area contributed by atoms with E-state index in [-0.39, 0.29) is 48.6 Å². The number of ether oxygens (including phenoxy) is 3. The van der Waals surface area contributed by atoms with E-state index < -0.39 is 24.4 Å². The topological polar surface area (TPSA) is 101 Å². The van der Waals surface area contributed by atoms with E-state index in [9.17, 15) is 14.4 Å². The molecule has 1 aromatic rings. The van der Waals surface area contributed by atoms with Crippen molar-refractivity contribution in [3.05, 3.63) is 35.9 Å². The summed E-state index contributed by atoms with van der Waals surface area (Å²) >= 11 is 0. The van der Waals surface area contributed by atoms with Crippen LogP contribution in [0, 0.1) is 11.3 Å². The van der Waals surface area contributed by atoms with Gasteiger partial charge in [-0.25, -0.2) is 4.79 Å². The molecule has 0 N–H and O–H groups in total. The number of benzene rings is 1. The van der Waals surface area contributed by atoms with Crippen LogP contribution in [-0.2, 0) is 35.2 Å². The van der Waals surface area contributed by atoms with Crippen molar-refractivity contribution < 1.29 is 33.4 Å². The van der Waals surface area contributed by atoms with Crippen molar-refractivity contribution in [3.8, 4) is 0 Å². The van der Waals surface area contributed by atoms with Crippen LogP contribution in [0.3, 0.4) is 0 Å². The number of likely N-dealkylation sites (tertiary alicyclic amines) is 1. The fraction of sp³-hybridized carbons (Fsp3) is 0.750. The number of carbonyl (C=O) groups excluding carboxylic acids is 3. The van der Waals surface area contributed by atoms with Crippen LogP contribution in [0.1, 0.15) is 91.5 Å². The molecule has 1 unspecified atom stereocenters. The Morgan fingerprint density at radius 3 is 2.51 bits per heavy atom. The number of piperazine rings is 1. The first-order chi connectivity index (χ1) is 22.5. The quantitative estimate of drug-likeness (QED) is 0.284. The van der Waals surface area contributed by atoms with Crippen LogP contribution in [0.25, 0.3) is 0 Å². The van der Waals surface area contributed by atoms with E-state index in [1.165, 1.54) is 5.06 Å². The third-order valence-corrected chi connectivity index (χ3v) is 9.50. The minimum atomic E-state index is -0.868. The fourth-order valence-corrected chi connectivity index (χ4v) is 7.16. The summed E-state index contributed by atoms with van der Waals surface area (Å²) in [5, 5.41) is 1.25. The maximum Gasteiger partial charge on any atom is 0.436 e. The lowest BCUT2D eigenvalue weighted by Gasteiger charge is -2.54. The molecule has 4 fully saturated rings.